The number of rotatable bonds is 6. The lowest BCUT2D eigenvalue weighted by molar-refractivity contribution is -0.137. The van der Waals surface area contributed by atoms with Gasteiger partial charge in [0.05, 0.1) is 27.7 Å². The van der Waals surface area contributed by atoms with Crippen LogP contribution in [-0.4, -0.2) is 20.1 Å². The van der Waals surface area contributed by atoms with Crippen molar-refractivity contribution in [3.05, 3.63) is 65.2 Å². The van der Waals surface area contributed by atoms with Crippen LogP contribution in [0.2, 0.25) is 0 Å². The molecule has 0 aliphatic heterocycles. The van der Waals surface area contributed by atoms with Gasteiger partial charge in [0.15, 0.2) is 9.84 Å². The summed E-state index contributed by atoms with van der Waals surface area (Å²) >= 11 is 0. The summed E-state index contributed by atoms with van der Waals surface area (Å²) in [6, 6.07) is 10.7. The minimum Gasteiger partial charge on any atom is -0.349 e. The SMILES string of the molecule is CCS(=O)(=O)c1ccc(C(C)NC(=O)C2(c3ccc(C(F)(F)F)cc3)CC2)cc1. The monoisotopic (exact) mass is 425 g/mol. The Balaban J connectivity index is 1.72. The molecule has 0 saturated heterocycles. The first-order valence-electron chi connectivity index (χ1n) is 9.31. The number of alkyl halides is 3. The lowest BCUT2D eigenvalue weighted by Gasteiger charge is -2.21. The van der Waals surface area contributed by atoms with Gasteiger partial charge >= 0.3 is 6.18 Å². The van der Waals surface area contributed by atoms with Crippen molar-refractivity contribution in [2.75, 3.05) is 5.75 Å². The minimum atomic E-state index is -4.41. The molecule has 2 aromatic rings. The van der Waals surface area contributed by atoms with Crippen molar-refractivity contribution in [2.24, 2.45) is 0 Å². The van der Waals surface area contributed by atoms with E-state index in [1.54, 1.807) is 26.0 Å². The topological polar surface area (TPSA) is 63.2 Å². The lowest BCUT2D eigenvalue weighted by Crippen LogP contribution is -2.36. The van der Waals surface area contributed by atoms with Crippen molar-refractivity contribution in [1.29, 1.82) is 0 Å². The number of carbonyl (C=O) groups excluding carboxylic acids is 1. The molecule has 156 valence electrons. The molecule has 1 aliphatic carbocycles. The number of benzene rings is 2. The molecule has 29 heavy (non-hydrogen) atoms. The van der Waals surface area contributed by atoms with Gasteiger partial charge in [0.1, 0.15) is 0 Å². The van der Waals surface area contributed by atoms with Crippen molar-refractivity contribution >= 4 is 15.7 Å². The Hall–Kier alpha value is -2.35. The maximum atomic E-state index is 12.8. The highest BCUT2D eigenvalue weighted by atomic mass is 32.2. The lowest BCUT2D eigenvalue weighted by atomic mass is 9.93. The van der Waals surface area contributed by atoms with Gasteiger partial charge in [-0.05, 0) is 55.2 Å². The van der Waals surface area contributed by atoms with Crippen LogP contribution in [0.4, 0.5) is 13.2 Å². The second-order valence-corrected chi connectivity index (χ2v) is 9.60. The van der Waals surface area contributed by atoms with E-state index in [1.807, 2.05) is 0 Å². The van der Waals surface area contributed by atoms with E-state index >= 15 is 0 Å². The van der Waals surface area contributed by atoms with Gasteiger partial charge in [0, 0.05) is 0 Å². The van der Waals surface area contributed by atoms with E-state index in [-0.39, 0.29) is 22.6 Å². The molecule has 1 atom stereocenters. The molecule has 1 N–H and O–H groups in total. The molecule has 8 heteroatoms. The fraction of sp³-hybridized carbons (Fsp3) is 0.381. The summed E-state index contributed by atoms with van der Waals surface area (Å²) in [5, 5.41) is 2.90. The second kappa shape index (κ2) is 7.48. The Morgan fingerprint density at radius 1 is 1.07 bits per heavy atom. The molecule has 3 rings (SSSR count). The standard InChI is InChI=1S/C21H22F3NO3S/c1-3-29(27,28)18-10-4-15(5-11-18)14(2)25-19(26)20(12-13-20)16-6-8-17(9-7-16)21(22,23)24/h4-11,14H,3,12-13H2,1-2H3,(H,25,26). The van der Waals surface area contributed by atoms with E-state index < -0.39 is 27.0 Å². The Kier molecular flexibility index (Phi) is 5.51. The third-order valence-corrected chi connectivity index (χ3v) is 7.17. The third kappa shape index (κ3) is 4.32. The normalized spacial score (nSPS) is 16.9. The zero-order valence-electron chi connectivity index (χ0n) is 16.1. The fourth-order valence-electron chi connectivity index (χ4n) is 3.30. The smallest absolute Gasteiger partial charge is 0.349 e. The highest BCUT2D eigenvalue weighted by Crippen LogP contribution is 2.49. The summed E-state index contributed by atoms with van der Waals surface area (Å²) in [7, 11) is -3.29. The van der Waals surface area contributed by atoms with E-state index in [0.29, 0.717) is 18.4 Å². The summed E-state index contributed by atoms with van der Waals surface area (Å²) in [5.74, 6) is -0.233. The molecule has 1 saturated carbocycles. The van der Waals surface area contributed by atoms with Crippen molar-refractivity contribution in [1.82, 2.24) is 5.32 Å². The molecular formula is C21H22F3NO3S. The zero-order valence-corrected chi connectivity index (χ0v) is 16.9. The van der Waals surface area contributed by atoms with Crippen molar-refractivity contribution in [2.45, 2.75) is 49.2 Å². The average molecular weight is 425 g/mol. The van der Waals surface area contributed by atoms with Gasteiger partial charge in [-0.2, -0.15) is 13.2 Å². The number of sulfone groups is 1. The predicted octanol–water partition coefficient (Wildman–Crippen LogP) is 4.41. The Morgan fingerprint density at radius 2 is 1.62 bits per heavy atom. The third-order valence-electron chi connectivity index (χ3n) is 5.42. The van der Waals surface area contributed by atoms with Gasteiger partial charge in [0.2, 0.25) is 5.91 Å². The van der Waals surface area contributed by atoms with E-state index in [1.165, 1.54) is 24.3 Å². The van der Waals surface area contributed by atoms with E-state index in [2.05, 4.69) is 5.32 Å². The molecule has 4 nitrogen and oxygen atoms in total. The van der Waals surface area contributed by atoms with Crippen LogP contribution in [-0.2, 0) is 26.2 Å². The zero-order chi connectivity index (χ0) is 21.4. The van der Waals surface area contributed by atoms with Gasteiger partial charge in [-0.25, -0.2) is 8.42 Å². The predicted molar refractivity (Wildman–Crippen MR) is 103 cm³/mol. The van der Waals surface area contributed by atoms with Crippen LogP contribution in [0.25, 0.3) is 0 Å². The number of halogens is 3. The Bertz CT molecular complexity index is 993. The molecule has 1 fully saturated rings. The van der Waals surface area contributed by atoms with Crippen LogP contribution in [0.3, 0.4) is 0 Å². The molecule has 0 radical (unpaired) electrons. The summed E-state index contributed by atoms with van der Waals surface area (Å²) in [6.07, 6.45) is -3.27. The van der Waals surface area contributed by atoms with Gasteiger partial charge in [-0.3, -0.25) is 4.79 Å². The number of carbonyl (C=O) groups is 1. The summed E-state index contributed by atoms with van der Waals surface area (Å²) < 4.78 is 62.1. The number of hydrogen-bond donors (Lipinski definition) is 1. The molecule has 2 aromatic carbocycles. The number of nitrogens with one attached hydrogen (secondary N) is 1. The van der Waals surface area contributed by atoms with Gasteiger partial charge in [-0.15, -0.1) is 0 Å². The molecule has 0 aromatic heterocycles. The number of hydrogen-bond acceptors (Lipinski definition) is 3. The van der Waals surface area contributed by atoms with Crippen molar-refractivity contribution in [3.63, 3.8) is 0 Å². The summed E-state index contributed by atoms with van der Waals surface area (Å²) in [4.78, 5) is 13.1. The van der Waals surface area contributed by atoms with Crippen LogP contribution in [0, 0.1) is 0 Å². The molecule has 0 heterocycles. The van der Waals surface area contributed by atoms with Crippen LogP contribution < -0.4 is 5.32 Å². The molecule has 0 spiro atoms. The van der Waals surface area contributed by atoms with E-state index in [4.69, 9.17) is 0 Å². The minimum absolute atomic E-state index is 0.00822. The van der Waals surface area contributed by atoms with Crippen LogP contribution in [0.5, 0.6) is 0 Å². The Morgan fingerprint density at radius 3 is 2.07 bits per heavy atom. The number of amides is 1. The highest BCUT2D eigenvalue weighted by molar-refractivity contribution is 7.91. The highest BCUT2D eigenvalue weighted by Gasteiger charge is 2.51. The molecular weight excluding hydrogens is 403 g/mol. The first-order chi connectivity index (χ1) is 13.5. The molecule has 1 unspecified atom stereocenters. The largest absolute Gasteiger partial charge is 0.416 e. The van der Waals surface area contributed by atoms with Crippen molar-refractivity contribution < 1.29 is 26.4 Å². The Labute approximate surface area is 168 Å². The maximum Gasteiger partial charge on any atom is 0.416 e. The summed E-state index contributed by atoms with van der Waals surface area (Å²) in [6.45, 7) is 3.35. The first kappa shape index (κ1) is 21.4. The quantitative estimate of drug-likeness (QED) is 0.746. The average Bonchev–Trinajstić information content (AvgIpc) is 3.49. The summed E-state index contributed by atoms with van der Waals surface area (Å²) in [5.41, 5.74) is -0.228. The first-order valence-corrected chi connectivity index (χ1v) is 11.0. The molecule has 0 bridgehead atoms. The van der Waals surface area contributed by atoms with Crippen LogP contribution in [0.15, 0.2) is 53.4 Å². The van der Waals surface area contributed by atoms with Gasteiger partial charge < -0.3 is 5.32 Å². The van der Waals surface area contributed by atoms with Gasteiger partial charge in [0.25, 0.3) is 0 Å². The van der Waals surface area contributed by atoms with E-state index in [9.17, 15) is 26.4 Å². The van der Waals surface area contributed by atoms with E-state index in [0.717, 1.165) is 17.7 Å². The molecule has 1 amide bonds. The van der Waals surface area contributed by atoms with Gasteiger partial charge in [-0.1, -0.05) is 31.2 Å². The van der Waals surface area contributed by atoms with Crippen LogP contribution >= 0.6 is 0 Å². The van der Waals surface area contributed by atoms with Crippen molar-refractivity contribution in [3.8, 4) is 0 Å². The maximum absolute atomic E-state index is 12.8. The fourth-order valence-corrected chi connectivity index (χ4v) is 4.18. The second-order valence-electron chi connectivity index (χ2n) is 7.32. The van der Waals surface area contributed by atoms with Crippen LogP contribution in [0.1, 0.15) is 49.4 Å². The molecule has 1 aliphatic rings.